The van der Waals surface area contributed by atoms with Gasteiger partial charge in [-0.15, -0.1) is 0 Å². The summed E-state index contributed by atoms with van der Waals surface area (Å²) in [4.78, 5) is 2.33. The van der Waals surface area contributed by atoms with E-state index in [0.29, 0.717) is 6.54 Å². The summed E-state index contributed by atoms with van der Waals surface area (Å²) in [5.41, 5.74) is 8.41. The van der Waals surface area contributed by atoms with E-state index in [1.807, 2.05) is 13.1 Å². The summed E-state index contributed by atoms with van der Waals surface area (Å²) in [6, 6.07) is 5.03. The average molecular weight is 275 g/mol. The van der Waals surface area contributed by atoms with Crippen LogP contribution in [0.2, 0.25) is 0 Å². The molecule has 0 atom stereocenters. The highest BCUT2D eigenvalue weighted by Crippen LogP contribution is 2.39. The molecule has 0 amide bonds. The lowest BCUT2D eigenvalue weighted by molar-refractivity contribution is 0.192. The Labute approximate surface area is 119 Å². The van der Waals surface area contributed by atoms with Crippen LogP contribution < -0.4 is 5.73 Å². The molecule has 1 aliphatic rings. The Hall–Kier alpha value is -1.39. The van der Waals surface area contributed by atoms with Gasteiger partial charge in [-0.25, -0.2) is 4.39 Å². The fraction of sp³-hybridized carbons (Fsp3) is 0.500. The summed E-state index contributed by atoms with van der Waals surface area (Å²) in [5, 5.41) is 1.02. The van der Waals surface area contributed by atoms with Crippen LogP contribution >= 0.6 is 0 Å². The van der Waals surface area contributed by atoms with Gasteiger partial charge in [0.2, 0.25) is 0 Å². The van der Waals surface area contributed by atoms with Gasteiger partial charge in [-0.3, -0.25) is 0 Å². The number of aryl methyl sites for hydroxylation is 1. The molecule has 2 N–H and O–H groups in total. The van der Waals surface area contributed by atoms with E-state index in [9.17, 15) is 4.39 Å². The lowest BCUT2D eigenvalue weighted by Crippen LogP contribution is -2.45. The monoisotopic (exact) mass is 275 g/mol. The minimum atomic E-state index is -0.176. The van der Waals surface area contributed by atoms with Crippen molar-refractivity contribution < 1.29 is 4.39 Å². The summed E-state index contributed by atoms with van der Waals surface area (Å²) in [6.45, 7) is 2.71. The van der Waals surface area contributed by atoms with Crippen LogP contribution in [0.3, 0.4) is 0 Å². The maximum Gasteiger partial charge on any atom is 0.123 e. The summed E-state index contributed by atoms with van der Waals surface area (Å²) in [5.74, 6) is -0.176. The molecule has 0 radical (unpaired) electrons. The molecule has 0 saturated carbocycles. The van der Waals surface area contributed by atoms with Gasteiger partial charge in [0.15, 0.2) is 0 Å². The van der Waals surface area contributed by atoms with Crippen molar-refractivity contribution in [1.29, 1.82) is 0 Å². The molecular weight excluding hydrogens is 253 g/mol. The van der Waals surface area contributed by atoms with E-state index < -0.39 is 0 Å². The molecule has 1 aromatic heterocycles. The highest BCUT2D eigenvalue weighted by atomic mass is 19.1. The number of hydrogen-bond donors (Lipinski definition) is 1. The van der Waals surface area contributed by atoms with Gasteiger partial charge in [0, 0.05) is 36.1 Å². The molecule has 20 heavy (non-hydrogen) atoms. The second-order valence-electron chi connectivity index (χ2n) is 6.10. The summed E-state index contributed by atoms with van der Waals surface area (Å²) >= 11 is 0. The molecule has 108 valence electrons. The van der Waals surface area contributed by atoms with Crippen molar-refractivity contribution in [1.82, 2.24) is 9.47 Å². The van der Waals surface area contributed by atoms with Gasteiger partial charge in [0.05, 0.1) is 0 Å². The number of nitrogens with zero attached hydrogens (tertiary/aromatic N) is 2. The minimum Gasteiger partial charge on any atom is -0.350 e. The van der Waals surface area contributed by atoms with Crippen molar-refractivity contribution in [3.8, 4) is 0 Å². The van der Waals surface area contributed by atoms with Gasteiger partial charge in [0.1, 0.15) is 5.82 Å². The fourth-order valence-electron chi connectivity index (χ4n) is 3.42. The predicted molar refractivity (Wildman–Crippen MR) is 80.3 cm³/mol. The SMILES string of the molecule is CN1CCC(CN)(c2cn(C)c3ccc(F)cc23)CC1. The molecule has 0 aliphatic carbocycles. The van der Waals surface area contributed by atoms with Gasteiger partial charge in [0.25, 0.3) is 0 Å². The first-order valence-corrected chi connectivity index (χ1v) is 7.19. The Balaban J connectivity index is 2.14. The third-order valence-corrected chi connectivity index (χ3v) is 4.86. The van der Waals surface area contributed by atoms with E-state index in [4.69, 9.17) is 5.73 Å². The predicted octanol–water partition coefficient (Wildman–Crippen LogP) is 2.24. The van der Waals surface area contributed by atoms with Crippen molar-refractivity contribution in [2.24, 2.45) is 12.8 Å². The molecule has 2 aromatic rings. The van der Waals surface area contributed by atoms with Crippen molar-refractivity contribution in [2.45, 2.75) is 18.3 Å². The van der Waals surface area contributed by atoms with Gasteiger partial charge in [-0.05, 0) is 56.7 Å². The number of fused-ring (bicyclic) bond motifs is 1. The van der Waals surface area contributed by atoms with Crippen molar-refractivity contribution >= 4 is 10.9 Å². The number of likely N-dealkylation sites (tertiary alicyclic amines) is 1. The highest BCUT2D eigenvalue weighted by Gasteiger charge is 2.36. The summed E-state index contributed by atoms with van der Waals surface area (Å²) in [6.07, 6.45) is 4.22. The zero-order chi connectivity index (χ0) is 14.3. The molecule has 4 heteroatoms. The van der Waals surface area contributed by atoms with Crippen LogP contribution in [0.5, 0.6) is 0 Å². The second kappa shape index (κ2) is 4.86. The van der Waals surface area contributed by atoms with Gasteiger partial charge in [-0.1, -0.05) is 0 Å². The Morgan fingerprint density at radius 3 is 2.60 bits per heavy atom. The number of piperidine rings is 1. The van der Waals surface area contributed by atoms with Gasteiger partial charge < -0.3 is 15.2 Å². The number of benzene rings is 1. The minimum absolute atomic E-state index is 0.0141. The van der Waals surface area contributed by atoms with Gasteiger partial charge >= 0.3 is 0 Å². The maximum absolute atomic E-state index is 13.6. The Bertz CT molecular complexity index is 624. The largest absolute Gasteiger partial charge is 0.350 e. The molecule has 0 unspecified atom stereocenters. The lowest BCUT2D eigenvalue weighted by Gasteiger charge is -2.40. The normalized spacial score (nSPS) is 19.6. The Morgan fingerprint density at radius 2 is 1.95 bits per heavy atom. The topological polar surface area (TPSA) is 34.2 Å². The van der Waals surface area contributed by atoms with Crippen molar-refractivity contribution in [2.75, 3.05) is 26.7 Å². The van der Waals surface area contributed by atoms with Crippen LogP contribution in [-0.2, 0) is 12.5 Å². The molecule has 1 aliphatic heterocycles. The van der Waals surface area contributed by atoms with E-state index in [1.165, 1.54) is 11.6 Å². The molecule has 1 saturated heterocycles. The highest BCUT2D eigenvalue weighted by molar-refractivity contribution is 5.85. The molecule has 0 spiro atoms. The zero-order valence-electron chi connectivity index (χ0n) is 12.2. The number of nitrogens with two attached hydrogens (primary N) is 1. The molecular formula is C16H22FN3. The number of aromatic nitrogens is 1. The average Bonchev–Trinajstić information content (AvgIpc) is 2.77. The van der Waals surface area contributed by atoms with Crippen molar-refractivity contribution in [3.63, 3.8) is 0 Å². The number of halogens is 1. The maximum atomic E-state index is 13.6. The second-order valence-corrected chi connectivity index (χ2v) is 6.10. The van der Waals surface area contributed by atoms with E-state index >= 15 is 0 Å². The van der Waals surface area contributed by atoms with Crippen LogP contribution in [0, 0.1) is 5.82 Å². The van der Waals surface area contributed by atoms with Crippen LogP contribution in [0.15, 0.2) is 24.4 Å². The van der Waals surface area contributed by atoms with Crippen molar-refractivity contribution in [3.05, 3.63) is 35.8 Å². The standard InChI is InChI=1S/C16H22FN3/c1-19-7-5-16(11-18,6-8-19)14-10-20(2)15-4-3-12(17)9-13(14)15/h3-4,9-10H,5-8,11,18H2,1-2H3. The van der Waals surface area contributed by atoms with Gasteiger partial charge in [-0.2, -0.15) is 0 Å². The Morgan fingerprint density at radius 1 is 1.25 bits per heavy atom. The molecule has 1 fully saturated rings. The quantitative estimate of drug-likeness (QED) is 0.912. The third-order valence-electron chi connectivity index (χ3n) is 4.86. The zero-order valence-corrected chi connectivity index (χ0v) is 12.2. The van der Waals surface area contributed by atoms with Crippen LogP contribution in [0.25, 0.3) is 10.9 Å². The first kappa shape index (κ1) is 13.6. The lowest BCUT2D eigenvalue weighted by atomic mass is 9.73. The third kappa shape index (κ3) is 2.03. The summed E-state index contributed by atoms with van der Waals surface area (Å²) < 4.78 is 15.7. The Kier molecular flexibility index (Phi) is 3.30. The fourth-order valence-corrected chi connectivity index (χ4v) is 3.42. The molecule has 3 nitrogen and oxygen atoms in total. The molecule has 1 aromatic carbocycles. The molecule has 0 bridgehead atoms. The smallest absolute Gasteiger partial charge is 0.123 e. The van der Waals surface area contributed by atoms with E-state index in [0.717, 1.165) is 36.8 Å². The first-order chi connectivity index (χ1) is 9.55. The van der Waals surface area contributed by atoms with E-state index in [-0.39, 0.29) is 11.2 Å². The number of rotatable bonds is 2. The van der Waals surface area contributed by atoms with Crippen LogP contribution in [-0.4, -0.2) is 36.1 Å². The molecule has 3 rings (SSSR count). The van der Waals surface area contributed by atoms with E-state index in [2.05, 4.69) is 22.7 Å². The number of hydrogen-bond acceptors (Lipinski definition) is 2. The first-order valence-electron chi connectivity index (χ1n) is 7.19. The molecule has 2 heterocycles. The summed E-state index contributed by atoms with van der Waals surface area (Å²) in [7, 11) is 4.16. The van der Waals surface area contributed by atoms with E-state index in [1.54, 1.807) is 6.07 Å². The van der Waals surface area contributed by atoms with Crippen LogP contribution in [0.1, 0.15) is 18.4 Å². The van der Waals surface area contributed by atoms with Crippen LogP contribution in [0.4, 0.5) is 4.39 Å².